The van der Waals surface area contributed by atoms with Crippen LogP contribution in [-0.2, 0) is 36.3 Å². The Balaban J connectivity index is 1.22. The van der Waals surface area contributed by atoms with Crippen LogP contribution >= 0.6 is 23.2 Å². The second-order valence-electron chi connectivity index (χ2n) is 10.4. The number of benzene rings is 2. The van der Waals surface area contributed by atoms with Gasteiger partial charge in [0.15, 0.2) is 13.8 Å². The first-order valence-corrected chi connectivity index (χ1v) is 17.9. The van der Waals surface area contributed by atoms with Gasteiger partial charge in [0.2, 0.25) is 6.23 Å². The van der Waals surface area contributed by atoms with Crippen molar-refractivity contribution in [1.29, 1.82) is 0 Å². The Bertz CT molecular complexity index is 1730. The second kappa shape index (κ2) is 13.0. The van der Waals surface area contributed by atoms with Crippen molar-refractivity contribution in [2.24, 2.45) is 0 Å². The van der Waals surface area contributed by atoms with E-state index in [0.29, 0.717) is 33.8 Å². The van der Waals surface area contributed by atoms with E-state index in [-0.39, 0.29) is 0 Å². The molecule has 5 unspecified atom stereocenters. The number of ether oxygens (including phenoxy) is 3. The van der Waals surface area contributed by atoms with E-state index in [1.165, 1.54) is 19.4 Å². The minimum atomic E-state index is -6.07. The molecule has 17 nitrogen and oxygen atoms in total. The van der Waals surface area contributed by atoms with Gasteiger partial charge in [0.25, 0.3) is 15.6 Å². The van der Waals surface area contributed by atoms with Gasteiger partial charge in [-0.2, -0.15) is 0 Å². The summed E-state index contributed by atoms with van der Waals surface area (Å²) in [5, 5.41) is 23.1. The zero-order chi connectivity index (χ0) is 33.6. The molecule has 2 aromatic rings. The fraction of sp³-hybridized carbons (Fsp3) is 0.346. The normalized spacial score (nSPS) is 28.1. The van der Waals surface area contributed by atoms with Crippen LogP contribution in [0.3, 0.4) is 0 Å². The maximum atomic E-state index is 12.9. The number of phosphoric acid groups is 2. The molecule has 3 aliphatic heterocycles. The molecule has 46 heavy (non-hydrogen) atoms. The molecular formula is C26H28N2O15P3-3. The van der Waals surface area contributed by atoms with Crippen molar-refractivity contribution in [1.82, 2.24) is 10.2 Å². The Hall–Kier alpha value is -2.88. The fourth-order valence-electron chi connectivity index (χ4n) is 4.69. The van der Waals surface area contributed by atoms with Gasteiger partial charge in [0.1, 0.15) is 29.8 Å². The van der Waals surface area contributed by atoms with Crippen molar-refractivity contribution in [2.45, 2.75) is 44.6 Å². The molecule has 2 aromatic carbocycles. The molecule has 20 heteroatoms. The molecule has 5 rings (SSSR count). The van der Waals surface area contributed by atoms with Crippen molar-refractivity contribution >= 4 is 40.3 Å². The van der Waals surface area contributed by atoms with Crippen LogP contribution in [0.1, 0.15) is 16.7 Å². The molecule has 0 aromatic heterocycles. The van der Waals surface area contributed by atoms with Gasteiger partial charge in [-0.1, -0.05) is 24.3 Å². The summed E-state index contributed by atoms with van der Waals surface area (Å²) in [6.07, 6.45) is -4.70. The summed E-state index contributed by atoms with van der Waals surface area (Å²) in [5.41, 5.74) is 2.30. The number of carbonyl (C=O) groups is 1. The van der Waals surface area contributed by atoms with Crippen LogP contribution in [0.15, 0.2) is 60.3 Å². The van der Waals surface area contributed by atoms with E-state index in [1.54, 1.807) is 44.2 Å². The molecule has 3 aliphatic rings. The number of amides is 2. The number of hydrogen-bond donors (Lipinski definition) is 3. The largest absolute Gasteiger partial charge is 0.775 e. The number of aliphatic hydroxyl groups excluding tert-OH is 2. The first kappa shape index (κ1) is 34.5. The third-order valence-corrected chi connectivity index (χ3v) is 11.8. The number of aryl methyl sites for hydroxylation is 2. The zero-order valence-electron chi connectivity index (χ0n) is 24.3. The lowest BCUT2D eigenvalue weighted by atomic mass is 10.1. The number of fused-ring (bicyclic) bond motifs is 1. The quantitative estimate of drug-likeness (QED) is 0.265. The van der Waals surface area contributed by atoms with Crippen molar-refractivity contribution in [3.63, 3.8) is 0 Å². The number of urea groups is 1. The predicted molar refractivity (Wildman–Crippen MR) is 151 cm³/mol. The first-order chi connectivity index (χ1) is 21.5. The smallest absolute Gasteiger partial charge is 0.326 e. The van der Waals surface area contributed by atoms with Crippen molar-refractivity contribution < 1.29 is 70.7 Å². The number of nitrogens with one attached hydrogen (secondary N) is 1. The average molecular weight is 701 g/mol. The molecule has 0 radical (unpaired) electrons. The molecule has 0 bridgehead atoms. The summed E-state index contributed by atoms with van der Waals surface area (Å²) in [7, 11) is -15.8. The molecule has 2 amide bonds. The minimum Gasteiger partial charge on any atom is -0.775 e. The fourth-order valence-corrected chi connectivity index (χ4v) is 8.62. The Labute approximate surface area is 262 Å². The van der Waals surface area contributed by atoms with Crippen molar-refractivity contribution in [3.05, 3.63) is 77.0 Å². The molecule has 0 spiro atoms. The summed E-state index contributed by atoms with van der Waals surface area (Å²) in [4.78, 5) is 50.7. The monoisotopic (exact) mass is 701 g/mol. The molecule has 250 valence electrons. The van der Waals surface area contributed by atoms with Gasteiger partial charge in [-0.05, 0) is 49.2 Å². The number of aliphatic hydroxyl groups is 2. The number of rotatable bonds is 11. The summed E-state index contributed by atoms with van der Waals surface area (Å²) < 4.78 is 65.9. The van der Waals surface area contributed by atoms with Gasteiger partial charge in [-0.15, -0.1) is 0 Å². The standard InChI is InChI=1S/C26H31N2O15P3/c1-14-7-8-19(9-15(14)2)44(32,33)42-46(36,37)43-45(34,35)39-13-21-22(29)23(30)25(41-21)28-12-17-11-20(40-24(17)27-26(28)31)16-5-4-6-18(10-16)38-3/h4-12,21-25,29-30H,13H2,1-3H3,(H,27,31)(H,32,33)(H,34,35)(H,36,37)/p-3/t21-,22+,23?,24?,25-/m1/s1. The van der Waals surface area contributed by atoms with Crippen LogP contribution < -0.4 is 30.0 Å². The highest BCUT2D eigenvalue weighted by Gasteiger charge is 2.49. The number of methoxy groups -OCH3 is 1. The van der Waals surface area contributed by atoms with Gasteiger partial charge in [-0.3, -0.25) is 23.7 Å². The topological polar surface area (TPSA) is 249 Å². The van der Waals surface area contributed by atoms with Gasteiger partial charge < -0.3 is 48.2 Å². The summed E-state index contributed by atoms with van der Waals surface area (Å²) >= 11 is 0. The van der Waals surface area contributed by atoms with E-state index in [1.807, 2.05) is 0 Å². The van der Waals surface area contributed by atoms with Crippen LogP contribution in [0.5, 0.6) is 5.75 Å². The van der Waals surface area contributed by atoms with Gasteiger partial charge in [0, 0.05) is 22.6 Å². The number of hydrogen-bond acceptors (Lipinski definition) is 15. The Morgan fingerprint density at radius 2 is 1.72 bits per heavy atom. The Morgan fingerprint density at radius 1 is 0.978 bits per heavy atom. The molecule has 0 saturated carbocycles. The lowest BCUT2D eigenvalue weighted by Crippen LogP contribution is -2.54. The van der Waals surface area contributed by atoms with E-state index in [0.717, 1.165) is 17.0 Å². The SMILES string of the molecule is COc1cccc(C2=CC3=CN([C@@H]4O[C@H](COP(=O)([O-])OP(=O)([O-])OP(=O)([O-])c5ccc(C)c(C)c5)[C@H](O)C4O)C(=O)NC3O2)c1. The zero-order valence-corrected chi connectivity index (χ0v) is 27.0. The Kier molecular flexibility index (Phi) is 9.71. The highest BCUT2D eigenvalue weighted by atomic mass is 31.3. The van der Waals surface area contributed by atoms with Crippen LogP contribution in [0, 0.1) is 13.8 Å². The molecule has 3 N–H and O–H groups in total. The average Bonchev–Trinajstić information content (AvgIpc) is 3.51. The third-order valence-electron chi connectivity index (χ3n) is 7.20. The number of carbonyl (C=O) groups excluding carboxylic acids is 1. The van der Waals surface area contributed by atoms with Crippen LogP contribution in [0.25, 0.3) is 5.76 Å². The second-order valence-corrected chi connectivity index (χ2v) is 15.3. The Morgan fingerprint density at radius 3 is 2.41 bits per heavy atom. The van der Waals surface area contributed by atoms with E-state index in [9.17, 15) is 43.4 Å². The van der Waals surface area contributed by atoms with Crippen LogP contribution in [0.4, 0.5) is 4.79 Å². The molecule has 1 saturated heterocycles. The maximum Gasteiger partial charge on any atom is 0.326 e. The number of nitrogens with zero attached hydrogens (tertiary/aromatic N) is 1. The predicted octanol–water partition coefficient (Wildman–Crippen LogP) is 0.231. The molecule has 8 atom stereocenters. The van der Waals surface area contributed by atoms with E-state index in [2.05, 4.69) is 18.5 Å². The van der Waals surface area contributed by atoms with E-state index >= 15 is 0 Å². The molecule has 3 heterocycles. The van der Waals surface area contributed by atoms with E-state index in [4.69, 9.17) is 14.2 Å². The van der Waals surface area contributed by atoms with Gasteiger partial charge in [-0.25, -0.2) is 9.11 Å². The summed E-state index contributed by atoms with van der Waals surface area (Å²) in [5.74, 6) is 0.979. The molecule has 0 aliphatic carbocycles. The maximum absolute atomic E-state index is 12.9. The van der Waals surface area contributed by atoms with Crippen molar-refractivity contribution in [2.75, 3.05) is 13.7 Å². The first-order valence-electron chi connectivity index (χ1n) is 13.4. The highest BCUT2D eigenvalue weighted by molar-refractivity contribution is 7.70. The lowest BCUT2D eigenvalue weighted by molar-refractivity contribution is -0.245. The van der Waals surface area contributed by atoms with Gasteiger partial charge >= 0.3 is 6.03 Å². The highest BCUT2D eigenvalue weighted by Crippen LogP contribution is 2.62. The summed E-state index contributed by atoms with van der Waals surface area (Å²) in [6.45, 7) is 2.15. The lowest BCUT2D eigenvalue weighted by Gasteiger charge is -2.35. The number of phosphoric ester groups is 1. The molecular weight excluding hydrogens is 673 g/mol. The van der Waals surface area contributed by atoms with Crippen LogP contribution in [-0.4, -0.2) is 65.6 Å². The third kappa shape index (κ3) is 7.47. The van der Waals surface area contributed by atoms with Gasteiger partial charge in [0.05, 0.1) is 13.7 Å². The van der Waals surface area contributed by atoms with Crippen molar-refractivity contribution in [3.8, 4) is 5.75 Å². The molecule has 1 fully saturated rings. The summed E-state index contributed by atoms with van der Waals surface area (Å²) in [6, 6.07) is 9.76. The van der Waals surface area contributed by atoms with E-state index < -0.39 is 72.0 Å². The minimum absolute atomic E-state index is 0.407. The van der Waals surface area contributed by atoms with Crippen LogP contribution in [0.2, 0.25) is 0 Å².